The quantitative estimate of drug-likeness (QED) is 0.170. The molecule has 0 aliphatic carbocycles. The SMILES string of the molecule is [C]=O.[C]=O.[C]=O.[Fe].c1ccc(P(c2ccccc2)c2ccccc2)cc1.c1ccc(P(c2ccccc2)c2ccccc2)cc1. The number of hydrogen-bond acceptors (Lipinski definition) is 3. The van der Waals surface area contributed by atoms with Gasteiger partial charge in [-0.1, -0.05) is 182 Å². The van der Waals surface area contributed by atoms with E-state index in [1.165, 1.54) is 31.8 Å². The van der Waals surface area contributed by atoms with Gasteiger partial charge in [0, 0.05) is 17.1 Å². The average Bonchev–Trinajstić information content (AvgIpc) is 3.14. The Morgan fingerprint density at radius 1 is 0.244 bits per heavy atom. The molecule has 0 atom stereocenters. The van der Waals surface area contributed by atoms with Gasteiger partial charge >= 0.3 is 0 Å². The first-order valence-corrected chi connectivity index (χ1v) is 16.1. The fraction of sp³-hybridized carbons (Fsp3) is 0. The van der Waals surface area contributed by atoms with Gasteiger partial charge in [0.2, 0.25) is 0 Å². The summed E-state index contributed by atoms with van der Waals surface area (Å²) in [5, 5.41) is 8.39. The van der Waals surface area contributed by atoms with E-state index in [2.05, 4.69) is 202 Å². The van der Waals surface area contributed by atoms with Crippen LogP contribution in [0.15, 0.2) is 182 Å². The minimum Gasteiger partial charge on any atom is -0.281 e. The van der Waals surface area contributed by atoms with E-state index in [-0.39, 0.29) is 17.1 Å². The summed E-state index contributed by atoms with van der Waals surface area (Å²) in [6.45, 7) is 13.5. The Morgan fingerprint density at radius 3 is 0.467 bits per heavy atom. The van der Waals surface area contributed by atoms with Crippen LogP contribution in [0, 0.1) is 0 Å². The zero-order valence-corrected chi connectivity index (χ0v) is 27.2. The van der Waals surface area contributed by atoms with Crippen LogP contribution < -0.4 is 31.8 Å². The van der Waals surface area contributed by atoms with Crippen LogP contribution in [-0.4, -0.2) is 20.4 Å². The van der Waals surface area contributed by atoms with E-state index in [9.17, 15) is 0 Å². The predicted molar refractivity (Wildman–Crippen MR) is 187 cm³/mol. The molecule has 0 heterocycles. The third-order valence-corrected chi connectivity index (χ3v) is 11.0. The van der Waals surface area contributed by atoms with Crippen LogP contribution in [0.1, 0.15) is 0 Å². The molecule has 0 amide bonds. The third kappa shape index (κ3) is 12.3. The first kappa shape index (κ1) is 38.7. The van der Waals surface area contributed by atoms with Crippen molar-refractivity contribution >= 4 is 68.0 Å². The van der Waals surface area contributed by atoms with Crippen molar-refractivity contribution < 1.29 is 31.5 Å². The van der Waals surface area contributed by atoms with Crippen LogP contribution in [-0.2, 0) is 31.5 Å². The van der Waals surface area contributed by atoms with Crippen LogP contribution in [0.5, 0.6) is 0 Å². The number of carbonyl (C=O) groups excluding carboxylic acids is 3. The van der Waals surface area contributed by atoms with Gasteiger partial charge in [0.15, 0.2) is 0 Å². The number of hydrogen-bond donors (Lipinski definition) is 0. The van der Waals surface area contributed by atoms with E-state index >= 15 is 0 Å². The van der Waals surface area contributed by atoms with E-state index in [4.69, 9.17) is 14.4 Å². The summed E-state index contributed by atoms with van der Waals surface area (Å²) in [5.74, 6) is 0. The summed E-state index contributed by atoms with van der Waals surface area (Å²) >= 11 is 0. The molecule has 6 rings (SSSR count). The van der Waals surface area contributed by atoms with Gasteiger partial charge in [-0.3, -0.25) is 14.4 Å². The molecule has 0 N–H and O–H groups in total. The first-order chi connectivity index (χ1) is 21.9. The zero-order chi connectivity index (χ0) is 31.8. The first-order valence-electron chi connectivity index (χ1n) is 13.4. The monoisotopic (exact) mass is 664 g/mol. The molecule has 0 fully saturated rings. The molecule has 6 aromatic carbocycles. The normalized spacial score (nSPS) is 9.20. The van der Waals surface area contributed by atoms with Gasteiger partial charge in [0.1, 0.15) is 0 Å². The maximum absolute atomic E-state index is 7.50. The molecule has 0 spiro atoms. The Hall–Kier alpha value is -4.29. The Labute approximate surface area is 280 Å². The minimum atomic E-state index is -0.446. The summed E-state index contributed by atoms with van der Waals surface area (Å²) in [6.07, 6.45) is 0. The average molecular weight is 664 g/mol. The van der Waals surface area contributed by atoms with Crippen molar-refractivity contribution in [2.45, 2.75) is 0 Å². The Morgan fingerprint density at radius 2 is 0.356 bits per heavy atom. The standard InChI is InChI=1S/2C18H15P.3CO.Fe/c2*1-4-10-16(11-5-1)19(17-12-6-2-7-13-17)18-14-8-3-9-15-18;3*1-2;/h2*1-15H;;;;. The number of rotatable bonds is 6. The Balaban J connectivity index is 0.000000379. The Kier molecular flexibility index (Phi) is 20.7. The summed E-state index contributed by atoms with van der Waals surface area (Å²) in [5.41, 5.74) is 0. The predicted octanol–water partition coefficient (Wildman–Crippen LogP) is 5.70. The van der Waals surface area contributed by atoms with Crippen molar-refractivity contribution in [3.63, 3.8) is 0 Å². The molecule has 6 aromatic rings. The number of benzene rings is 6. The zero-order valence-electron chi connectivity index (χ0n) is 24.3. The third-order valence-electron chi connectivity index (χ3n) is 6.09. The van der Waals surface area contributed by atoms with Crippen molar-refractivity contribution in [3.8, 4) is 0 Å². The molecule has 0 aliphatic rings. The van der Waals surface area contributed by atoms with E-state index in [1.807, 2.05) is 0 Å². The molecule has 3 nitrogen and oxygen atoms in total. The van der Waals surface area contributed by atoms with Gasteiger partial charge in [-0.2, -0.15) is 0 Å². The van der Waals surface area contributed by atoms with Gasteiger partial charge in [-0.05, 0) is 47.7 Å². The van der Waals surface area contributed by atoms with Crippen molar-refractivity contribution in [1.82, 2.24) is 0 Å². The smallest absolute Gasteiger partial charge is 0.281 e. The maximum atomic E-state index is 7.50. The molecular formula is C39H30FeO3P2. The van der Waals surface area contributed by atoms with Crippen LogP contribution in [0.3, 0.4) is 0 Å². The van der Waals surface area contributed by atoms with Crippen molar-refractivity contribution in [3.05, 3.63) is 182 Å². The minimum absolute atomic E-state index is 0. The molecule has 0 saturated heterocycles. The van der Waals surface area contributed by atoms with E-state index in [1.54, 1.807) is 0 Å². The summed E-state index contributed by atoms with van der Waals surface area (Å²) < 4.78 is 0. The van der Waals surface area contributed by atoms with Gasteiger partial charge in [-0.15, -0.1) is 0 Å². The topological polar surface area (TPSA) is 51.2 Å². The second kappa shape index (κ2) is 24.1. The van der Waals surface area contributed by atoms with Gasteiger partial charge in [0.25, 0.3) is 20.4 Å². The summed E-state index contributed by atoms with van der Waals surface area (Å²) in [4.78, 5) is 22.5. The van der Waals surface area contributed by atoms with Gasteiger partial charge < -0.3 is 0 Å². The molecule has 0 aliphatic heterocycles. The molecule has 0 saturated carbocycles. The second-order valence-electron chi connectivity index (χ2n) is 8.68. The molecule has 222 valence electrons. The largest absolute Gasteiger partial charge is 0.281 e. The fourth-order valence-corrected chi connectivity index (χ4v) is 8.97. The van der Waals surface area contributed by atoms with Crippen LogP contribution in [0.4, 0.5) is 0 Å². The van der Waals surface area contributed by atoms with E-state index in [0.29, 0.717) is 0 Å². The van der Waals surface area contributed by atoms with Crippen LogP contribution in [0.2, 0.25) is 0 Å². The molecule has 0 aromatic heterocycles. The van der Waals surface area contributed by atoms with Crippen molar-refractivity contribution in [2.75, 3.05) is 0 Å². The molecule has 6 heteroatoms. The summed E-state index contributed by atoms with van der Waals surface area (Å²) in [7, 11) is -0.892. The molecule has 0 unspecified atom stereocenters. The Bertz CT molecular complexity index is 1230. The summed E-state index contributed by atoms with van der Waals surface area (Å²) in [6, 6.07) is 64.7. The molecule has 0 bridgehead atoms. The van der Waals surface area contributed by atoms with Gasteiger partial charge in [-0.25, -0.2) is 0 Å². The molecule has 6 radical (unpaired) electrons. The van der Waals surface area contributed by atoms with E-state index in [0.717, 1.165) is 0 Å². The van der Waals surface area contributed by atoms with E-state index < -0.39 is 15.8 Å². The van der Waals surface area contributed by atoms with Crippen LogP contribution >= 0.6 is 15.8 Å². The fourth-order valence-electron chi connectivity index (χ4n) is 4.36. The maximum Gasteiger partial charge on any atom is 0.281 e. The van der Waals surface area contributed by atoms with Crippen molar-refractivity contribution in [2.24, 2.45) is 0 Å². The molecule has 45 heavy (non-hydrogen) atoms. The van der Waals surface area contributed by atoms with Crippen molar-refractivity contribution in [1.29, 1.82) is 0 Å². The van der Waals surface area contributed by atoms with Crippen LogP contribution in [0.25, 0.3) is 0 Å². The second-order valence-corrected chi connectivity index (χ2v) is 13.1. The van der Waals surface area contributed by atoms with Gasteiger partial charge in [0.05, 0.1) is 0 Å². The molecular weight excluding hydrogens is 634 g/mol.